The second-order valence-corrected chi connectivity index (χ2v) is 13.1. The number of hydrogen-bond donors (Lipinski definition) is 1. The van der Waals surface area contributed by atoms with E-state index in [0.29, 0.717) is 49.1 Å². The molecule has 0 aliphatic carbocycles. The highest BCUT2D eigenvalue weighted by molar-refractivity contribution is 7.92. The summed E-state index contributed by atoms with van der Waals surface area (Å²) in [5.74, 6) is 1.32. The van der Waals surface area contributed by atoms with Gasteiger partial charge in [0.1, 0.15) is 23.8 Å². The van der Waals surface area contributed by atoms with Crippen molar-refractivity contribution >= 4 is 33.3 Å². The Bertz CT molecular complexity index is 1760. The minimum absolute atomic E-state index is 0.0710. The van der Waals surface area contributed by atoms with Crippen LogP contribution in [0.4, 0.5) is 11.4 Å². The summed E-state index contributed by atoms with van der Waals surface area (Å²) in [5.41, 5.74) is 4.51. The first kappa shape index (κ1) is 35.8. The average molecular weight is 674 g/mol. The van der Waals surface area contributed by atoms with Gasteiger partial charge in [-0.2, -0.15) is 0 Å². The van der Waals surface area contributed by atoms with Gasteiger partial charge in [-0.15, -0.1) is 0 Å². The van der Waals surface area contributed by atoms with Crippen LogP contribution in [0.5, 0.6) is 17.2 Å². The summed E-state index contributed by atoms with van der Waals surface area (Å²) in [5, 5.41) is 0. The van der Waals surface area contributed by atoms with E-state index in [4.69, 9.17) is 14.2 Å². The summed E-state index contributed by atoms with van der Waals surface area (Å²) in [6.07, 6.45) is 1.90. The van der Waals surface area contributed by atoms with Gasteiger partial charge in [0.05, 0.1) is 25.2 Å². The maximum atomic E-state index is 12.3. The molecule has 1 amide bonds. The Hall–Kier alpha value is -5.03. The van der Waals surface area contributed by atoms with Crippen LogP contribution in [0.3, 0.4) is 0 Å². The minimum atomic E-state index is -3.43. The predicted octanol–water partition coefficient (Wildman–Crippen LogP) is 6.55. The zero-order valence-electron chi connectivity index (χ0n) is 27.8. The Morgan fingerprint density at radius 3 is 2.17 bits per heavy atom. The van der Waals surface area contributed by atoms with Gasteiger partial charge in [0.2, 0.25) is 15.9 Å². The third-order valence-electron chi connectivity index (χ3n) is 7.40. The van der Waals surface area contributed by atoms with Gasteiger partial charge in [0.15, 0.2) is 0 Å². The molecule has 0 radical (unpaired) electrons. The van der Waals surface area contributed by atoms with Crippen LogP contribution in [-0.2, 0) is 37.4 Å². The number of amides is 1. The lowest BCUT2D eigenvalue weighted by molar-refractivity contribution is -0.148. The molecule has 0 saturated carbocycles. The molecule has 11 heteroatoms. The van der Waals surface area contributed by atoms with Crippen molar-refractivity contribution in [1.82, 2.24) is 4.90 Å². The van der Waals surface area contributed by atoms with Crippen molar-refractivity contribution in [3.8, 4) is 17.2 Å². The average Bonchev–Trinajstić information content (AvgIpc) is 3.05. The standard InChI is InChI=1S/C37H43N3O7S/c1-5-45-37(42)27-39(3)36(41)18-11-23-46-32-14-9-15-33(24-32)47-31-21-19-30(20-22-31)26-40(25-29-12-7-6-8-13-29)35-17-10-16-34(28(35)2)38-48(4,43)44/h6-10,12-17,19-22,24,38H,5,11,18,23,25-27H2,1-4H3. The second-order valence-electron chi connectivity index (χ2n) is 11.4. The Kier molecular flexibility index (Phi) is 12.8. The number of sulfonamides is 1. The van der Waals surface area contributed by atoms with Crippen molar-refractivity contribution in [3.05, 3.63) is 114 Å². The molecular weight excluding hydrogens is 630 g/mol. The smallest absolute Gasteiger partial charge is 0.325 e. The van der Waals surface area contributed by atoms with Crippen LogP contribution in [0.2, 0.25) is 0 Å². The molecule has 0 aliphatic heterocycles. The molecule has 48 heavy (non-hydrogen) atoms. The van der Waals surface area contributed by atoms with Crippen molar-refractivity contribution < 1.29 is 32.2 Å². The van der Waals surface area contributed by atoms with E-state index in [1.165, 1.54) is 4.90 Å². The van der Waals surface area contributed by atoms with E-state index in [0.717, 1.165) is 28.6 Å². The fourth-order valence-corrected chi connectivity index (χ4v) is 5.67. The Morgan fingerprint density at radius 1 is 0.812 bits per heavy atom. The minimum Gasteiger partial charge on any atom is -0.493 e. The number of ether oxygens (including phenoxy) is 3. The first-order chi connectivity index (χ1) is 23.0. The van der Waals surface area contributed by atoms with E-state index < -0.39 is 16.0 Å². The molecule has 0 aromatic heterocycles. The zero-order chi connectivity index (χ0) is 34.5. The second kappa shape index (κ2) is 17.2. The van der Waals surface area contributed by atoms with Crippen LogP contribution in [0.1, 0.15) is 36.5 Å². The van der Waals surface area contributed by atoms with Gasteiger partial charge >= 0.3 is 5.97 Å². The number of rotatable bonds is 17. The predicted molar refractivity (Wildman–Crippen MR) is 188 cm³/mol. The van der Waals surface area contributed by atoms with E-state index in [-0.39, 0.29) is 25.5 Å². The molecule has 1 N–H and O–H groups in total. The molecule has 254 valence electrons. The Labute approximate surface area is 283 Å². The molecule has 0 atom stereocenters. The Morgan fingerprint density at radius 2 is 1.48 bits per heavy atom. The molecule has 0 unspecified atom stereocenters. The lowest BCUT2D eigenvalue weighted by atomic mass is 10.1. The number of nitrogens with zero attached hydrogens (tertiary/aromatic N) is 2. The highest BCUT2D eigenvalue weighted by Gasteiger charge is 2.16. The first-order valence-electron chi connectivity index (χ1n) is 15.8. The topological polar surface area (TPSA) is 114 Å². The number of anilines is 2. The van der Waals surface area contributed by atoms with Crippen LogP contribution in [0, 0.1) is 6.92 Å². The third-order valence-corrected chi connectivity index (χ3v) is 7.99. The maximum absolute atomic E-state index is 12.3. The van der Waals surface area contributed by atoms with E-state index in [1.54, 1.807) is 26.1 Å². The normalized spacial score (nSPS) is 11.0. The van der Waals surface area contributed by atoms with Gasteiger partial charge in [0, 0.05) is 38.3 Å². The SMILES string of the molecule is CCOC(=O)CN(C)C(=O)CCCOc1cccc(Oc2ccc(CN(Cc3ccccc3)c3cccc(NS(C)(=O)=O)c3C)cc2)c1. The molecule has 10 nitrogen and oxygen atoms in total. The number of carbonyl (C=O) groups is 2. The summed E-state index contributed by atoms with van der Waals surface area (Å²) in [7, 11) is -1.85. The molecule has 0 aliphatic rings. The van der Waals surface area contributed by atoms with Crippen molar-refractivity contribution in [1.29, 1.82) is 0 Å². The number of carbonyl (C=O) groups excluding carboxylic acids is 2. The van der Waals surface area contributed by atoms with Crippen LogP contribution >= 0.6 is 0 Å². The summed E-state index contributed by atoms with van der Waals surface area (Å²) in [4.78, 5) is 27.5. The van der Waals surface area contributed by atoms with E-state index in [9.17, 15) is 18.0 Å². The number of hydrogen-bond acceptors (Lipinski definition) is 8. The molecular formula is C37H43N3O7S. The van der Waals surface area contributed by atoms with Gasteiger partial charge in [-0.05, 0) is 73.4 Å². The van der Waals surface area contributed by atoms with Crippen molar-refractivity contribution in [2.45, 2.75) is 39.8 Å². The third kappa shape index (κ3) is 11.3. The van der Waals surface area contributed by atoms with E-state index >= 15 is 0 Å². The quantitative estimate of drug-likeness (QED) is 0.0993. The molecule has 0 heterocycles. The number of esters is 1. The lowest BCUT2D eigenvalue weighted by Crippen LogP contribution is -2.33. The zero-order valence-corrected chi connectivity index (χ0v) is 28.7. The van der Waals surface area contributed by atoms with Crippen molar-refractivity contribution in [3.63, 3.8) is 0 Å². The highest BCUT2D eigenvalue weighted by Crippen LogP contribution is 2.31. The summed E-state index contributed by atoms with van der Waals surface area (Å²) < 4.78 is 43.4. The van der Waals surface area contributed by atoms with E-state index in [1.807, 2.05) is 79.7 Å². The van der Waals surface area contributed by atoms with Crippen LogP contribution in [-0.4, -0.2) is 58.3 Å². The number of likely N-dealkylation sites (N-methyl/N-ethyl adjacent to an activating group) is 1. The van der Waals surface area contributed by atoms with Gasteiger partial charge in [-0.3, -0.25) is 14.3 Å². The molecule has 0 spiro atoms. The van der Waals surface area contributed by atoms with Gasteiger partial charge in [-0.25, -0.2) is 8.42 Å². The van der Waals surface area contributed by atoms with Crippen LogP contribution in [0.25, 0.3) is 0 Å². The largest absolute Gasteiger partial charge is 0.493 e. The molecule has 4 aromatic carbocycles. The van der Waals surface area contributed by atoms with Gasteiger partial charge in [0.25, 0.3) is 0 Å². The van der Waals surface area contributed by atoms with Crippen LogP contribution in [0.15, 0.2) is 97.1 Å². The van der Waals surface area contributed by atoms with Crippen molar-refractivity contribution in [2.75, 3.05) is 42.7 Å². The molecule has 0 fully saturated rings. The summed E-state index contributed by atoms with van der Waals surface area (Å²) >= 11 is 0. The first-order valence-corrected chi connectivity index (χ1v) is 17.7. The molecule has 0 bridgehead atoms. The monoisotopic (exact) mass is 673 g/mol. The summed E-state index contributed by atoms with van der Waals surface area (Å²) in [6.45, 7) is 5.41. The van der Waals surface area contributed by atoms with E-state index in [2.05, 4.69) is 21.8 Å². The van der Waals surface area contributed by atoms with Crippen molar-refractivity contribution in [2.24, 2.45) is 0 Å². The summed E-state index contributed by atoms with van der Waals surface area (Å²) in [6, 6.07) is 30.9. The van der Waals surface area contributed by atoms with Gasteiger partial charge in [-0.1, -0.05) is 54.6 Å². The Balaban J connectivity index is 1.37. The van der Waals surface area contributed by atoms with Crippen LogP contribution < -0.4 is 19.1 Å². The number of benzene rings is 4. The molecule has 4 aromatic rings. The fourth-order valence-electron chi connectivity index (χ4n) is 5.05. The number of nitrogens with one attached hydrogen (secondary N) is 1. The highest BCUT2D eigenvalue weighted by atomic mass is 32.2. The molecule has 0 saturated heterocycles. The molecule has 4 rings (SSSR count). The maximum Gasteiger partial charge on any atom is 0.325 e. The fraction of sp³-hybridized carbons (Fsp3) is 0.297. The lowest BCUT2D eigenvalue weighted by Gasteiger charge is -2.28. The van der Waals surface area contributed by atoms with Gasteiger partial charge < -0.3 is 24.0 Å².